The summed E-state index contributed by atoms with van der Waals surface area (Å²) in [5.41, 5.74) is 0.816. The van der Waals surface area contributed by atoms with Gasteiger partial charge >= 0.3 is 12.1 Å². The number of benzene rings is 1. The maximum absolute atomic E-state index is 13.7. The molecule has 10 heteroatoms. The van der Waals surface area contributed by atoms with E-state index >= 15 is 0 Å². The normalized spacial score (nSPS) is 23.2. The van der Waals surface area contributed by atoms with E-state index in [9.17, 15) is 19.5 Å². The van der Waals surface area contributed by atoms with Crippen LogP contribution in [0.3, 0.4) is 0 Å². The van der Waals surface area contributed by atoms with Gasteiger partial charge in [0.15, 0.2) is 0 Å². The third-order valence-electron chi connectivity index (χ3n) is 8.60. The highest BCUT2D eigenvalue weighted by Gasteiger charge is 2.34. The van der Waals surface area contributed by atoms with Crippen LogP contribution in [0, 0.1) is 5.92 Å². The molecule has 0 bridgehead atoms. The summed E-state index contributed by atoms with van der Waals surface area (Å²) in [7, 11) is 1.77. The number of nitrogens with one attached hydrogen (secondary N) is 3. The fraction of sp³-hybridized carbons (Fsp3) is 0.700. The van der Waals surface area contributed by atoms with Crippen molar-refractivity contribution >= 4 is 23.7 Å². The molecular formula is C30H47N5O5. The van der Waals surface area contributed by atoms with Gasteiger partial charge in [-0.15, -0.1) is 0 Å². The number of amides is 5. The van der Waals surface area contributed by atoms with Gasteiger partial charge in [-0.1, -0.05) is 45.4 Å². The van der Waals surface area contributed by atoms with Crippen molar-refractivity contribution in [2.45, 2.75) is 102 Å². The van der Waals surface area contributed by atoms with Crippen molar-refractivity contribution in [3.63, 3.8) is 0 Å². The minimum atomic E-state index is -0.403. The van der Waals surface area contributed by atoms with Crippen molar-refractivity contribution in [3.8, 4) is 5.75 Å². The van der Waals surface area contributed by atoms with Crippen LogP contribution < -0.4 is 20.7 Å². The first-order valence-electron chi connectivity index (χ1n) is 15.1. The molecule has 2 saturated carbocycles. The highest BCUT2D eigenvalue weighted by Crippen LogP contribution is 2.31. The minimum Gasteiger partial charge on any atom is -0.487 e. The van der Waals surface area contributed by atoms with Crippen LogP contribution in [0.4, 0.5) is 15.3 Å². The van der Waals surface area contributed by atoms with Gasteiger partial charge in [0, 0.05) is 37.3 Å². The number of aliphatic hydroxyl groups is 1. The van der Waals surface area contributed by atoms with E-state index in [4.69, 9.17) is 4.74 Å². The van der Waals surface area contributed by atoms with Gasteiger partial charge in [0.05, 0.1) is 24.8 Å². The van der Waals surface area contributed by atoms with Crippen molar-refractivity contribution in [1.82, 2.24) is 20.4 Å². The van der Waals surface area contributed by atoms with Gasteiger partial charge in [0.1, 0.15) is 11.9 Å². The van der Waals surface area contributed by atoms with Gasteiger partial charge < -0.3 is 35.6 Å². The third-order valence-corrected chi connectivity index (χ3v) is 8.60. The number of anilines is 1. The average molecular weight is 558 g/mol. The van der Waals surface area contributed by atoms with E-state index < -0.39 is 6.04 Å². The molecule has 3 aliphatic rings. The van der Waals surface area contributed by atoms with E-state index in [-0.39, 0.29) is 48.7 Å². The van der Waals surface area contributed by atoms with Crippen molar-refractivity contribution in [3.05, 3.63) is 23.8 Å². The number of ether oxygens (including phenoxy) is 1. The molecule has 4 rings (SSSR count). The Hall–Kier alpha value is -3.01. The molecule has 1 heterocycles. The van der Waals surface area contributed by atoms with Crippen molar-refractivity contribution in [1.29, 1.82) is 0 Å². The second-order valence-corrected chi connectivity index (χ2v) is 11.9. The summed E-state index contributed by atoms with van der Waals surface area (Å²) >= 11 is 0. The van der Waals surface area contributed by atoms with E-state index in [2.05, 4.69) is 16.0 Å². The number of urea groups is 2. The summed E-state index contributed by atoms with van der Waals surface area (Å²) in [4.78, 5) is 42.6. The molecule has 2 fully saturated rings. The summed E-state index contributed by atoms with van der Waals surface area (Å²) in [6.07, 6.45) is 10.5. The van der Waals surface area contributed by atoms with Crippen LogP contribution in [0.2, 0.25) is 0 Å². The lowest BCUT2D eigenvalue weighted by molar-refractivity contribution is 0.0366. The number of nitrogens with zero attached hydrogens (tertiary/aromatic N) is 2. The predicted molar refractivity (Wildman–Crippen MR) is 155 cm³/mol. The molecule has 1 aliphatic heterocycles. The van der Waals surface area contributed by atoms with Crippen LogP contribution in [0.15, 0.2) is 18.2 Å². The lowest BCUT2D eigenvalue weighted by atomic mass is 9.96. The first-order valence-corrected chi connectivity index (χ1v) is 15.1. The summed E-state index contributed by atoms with van der Waals surface area (Å²) in [5, 5.41) is 19.0. The number of fused-ring (bicyclic) bond motifs is 1. The molecule has 0 radical (unpaired) electrons. The number of likely N-dealkylation sites (N-methyl/N-ethyl adjacent to an activating group) is 1. The van der Waals surface area contributed by atoms with Gasteiger partial charge in [0.2, 0.25) is 0 Å². The molecule has 40 heavy (non-hydrogen) atoms. The SMILES string of the molecule is C[C@@H]1CN([C@H](C)CO)C(=O)c2cc(NC(=O)NC3CCCCC3)ccc2O[C@@H]1CN(C)C(=O)NC1CCCCC1. The first kappa shape index (κ1) is 30.0. The summed E-state index contributed by atoms with van der Waals surface area (Å²) in [6.45, 7) is 4.34. The Morgan fingerprint density at radius 3 is 2.30 bits per heavy atom. The number of carbonyl (C=O) groups is 3. The lowest BCUT2D eigenvalue weighted by Gasteiger charge is -2.38. The second kappa shape index (κ2) is 14.1. The van der Waals surface area contributed by atoms with Gasteiger partial charge in [0.25, 0.3) is 5.91 Å². The molecule has 222 valence electrons. The fourth-order valence-corrected chi connectivity index (χ4v) is 6.00. The van der Waals surface area contributed by atoms with Crippen LogP contribution in [0.25, 0.3) is 0 Å². The van der Waals surface area contributed by atoms with Gasteiger partial charge in [-0.05, 0) is 50.8 Å². The largest absolute Gasteiger partial charge is 0.487 e. The molecule has 5 amide bonds. The molecule has 2 aliphatic carbocycles. The van der Waals surface area contributed by atoms with Crippen molar-refractivity contribution < 1.29 is 24.2 Å². The number of aliphatic hydroxyl groups excluding tert-OH is 1. The molecule has 0 spiro atoms. The smallest absolute Gasteiger partial charge is 0.319 e. The molecule has 1 aromatic rings. The molecule has 10 nitrogen and oxygen atoms in total. The van der Waals surface area contributed by atoms with Crippen LogP contribution in [-0.2, 0) is 0 Å². The Bertz CT molecular complexity index is 1020. The molecule has 1 aromatic carbocycles. The molecule has 4 N–H and O–H groups in total. The van der Waals surface area contributed by atoms with Crippen LogP contribution in [0.1, 0.15) is 88.4 Å². The fourth-order valence-electron chi connectivity index (χ4n) is 6.00. The Morgan fingerprint density at radius 2 is 1.68 bits per heavy atom. The number of carbonyl (C=O) groups excluding carboxylic acids is 3. The topological polar surface area (TPSA) is 123 Å². The summed E-state index contributed by atoms with van der Waals surface area (Å²) in [5.74, 6) is 0.0349. The standard InChI is InChI=1S/C30H47N5O5/c1-20-17-35(21(2)19-36)28(37)25-16-24(32-29(38)31-22-10-6-4-7-11-22)14-15-26(25)40-27(20)18-34(3)30(39)33-23-12-8-5-9-13-23/h14-16,20-23,27,36H,4-13,17-19H2,1-3H3,(H,33,39)(H2,31,32,38)/t20-,21-,27-/m1/s1. The van der Waals surface area contributed by atoms with E-state index in [0.717, 1.165) is 51.4 Å². The number of rotatable bonds is 7. The zero-order valence-corrected chi connectivity index (χ0v) is 24.3. The quantitative estimate of drug-likeness (QED) is 0.397. The number of hydrogen-bond acceptors (Lipinski definition) is 5. The van der Waals surface area contributed by atoms with Crippen LogP contribution >= 0.6 is 0 Å². The maximum Gasteiger partial charge on any atom is 0.319 e. The molecule has 0 aromatic heterocycles. The highest BCUT2D eigenvalue weighted by molar-refractivity contribution is 5.99. The minimum absolute atomic E-state index is 0.102. The second-order valence-electron chi connectivity index (χ2n) is 11.9. The maximum atomic E-state index is 13.7. The Balaban J connectivity index is 1.50. The lowest BCUT2D eigenvalue weighted by Crippen LogP contribution is -2.52. The zero-order valence-electron chi connectivity index (χ0n) is 24.3. The monoisotopic (exact) mass is 557 g/mol. The average Bonchev–Trinajstić information content (AvgIpc) is 2.95. The molecule has 3 atom stereocenters. The first-order chi connectivity index (χ1) is 19.2. The molecule has 0 unspecified atom stereocenters. The Morgan fingerprint density at radius 1 is 1.05 bits per heavy atom. The van der Waals surface area contributed by atoms with E-state index in [0.29, 0.717) is 30.1 Å². The third kappa shape index (κ3) is 7.80. The van der Waals surface area contributed by atoms with Gasteiger partial charge in [-0.25, -0.2) is 9.59 Å². The molecule has 0 saturated heterocycles. The predicted octanol–water partition coefficient (Wildman–Crippen LogP) is 4.34. The van der Waals surface area contributed by atoms with E-state index in [1.165, 1.54) is 12.8 Å². The Kier molecular flexibility index (Phi) is 10.5. The van der Waals surface area contributed by atoms with Crippen LogP contribution in [0.5, 0.6) is 5.75 Å². The zero-order chi connectivity index (χ0) is 28.6. The van der Waals surface area contributed by atoms with Gasteiger partial charge in [-0.2, -0.15) is 0 Å². The molecular weight excluding hydrogens is 510 g/mol. The summed E-state index contributed by atoms with van der Waals surface area (Å²) in [6, 6.07) is 4.64. The summed E-state index contributed by atoms with van der Waals surface area (Å²) < 4.78 is 6.41. The number of hydrogen-bond donors (Lipinski definition) is 4. The highest BCUT2D eigenvalue weighted by atomic mass is 16.5. The van der Waals surface area contributed by atoms with Crippen LogP contribution in [-0.4, -0.2) is 83.8 Å². The van der Waals surface area contributed by atoms with Gasteiger partial charge in [-0.3, -0.25) is 4.79 Å². The van der Waals surface area contributed by atoms with E-state index in [1.807, 2.05) is 13.8 Å². The van der Waals surface area contributed by atoms with E-state index in [1.54, 1.807) is 35.0 Å². The van der Waals surface area contributed by atoms with Crippen molar-refractivity contribution in [2.24, 2.45) is 5.92 Å². The Labute approximate surface area is 238 Å². The van der Waals surface area contributed by atoms with Crippen molar-refractivity contribution in [2.75, 3.05) is 32.1 Å².